The zero-order valence-corrected chi connectivity index (χ0v) is 10.5. The largest absolute Gasteiger partial charge is 0.479 e. The van der Waals surface area contributed by atoms with Gasteiger partial charge in [0.2, 0.25) is 11.8 Å². The van der Waals surface area contributed by atoms with Gasteiger partial charge in [0.1, 0.15) is 0 Å². The van der Waals surface area contributed by atoms with E-state index >= 15 is 0 Å². The Morgan fingerprint density at radius 1 is 1.39 bits per heavy atom. The van der Waals surface area contributed by atoms with Crippen molar-refractivity contribution in [2.75, 3.05) is 12.8 Å². The lowest BCUT2D eigenvalue weighted by Gasteiger charge is -2.06. The summed E-state index contributed by atoms with van der Waals surface area (Å²) >= 11 is 0. The normalized spacial score (nSPS) is 10.3. The number of hydrogen-bond acceptors (Lipinski definition) is 5. The molecule has 0 fully saturated rings. The molecule has 0 radical (unpaired) electrons. The minimum atomic E-state index is 0.355. The van der Waals surface area contributed by atoms with Crippen molar-refractivity contribution >= 4 is 5.69 Å². The van der Waals surface area contributed by atoms with Gasteiger partial charge in [-0.3, -0.25) is 4.68 Å². The number of anilines is 1. The van der Waals surface area contributed by atoms with E-state index in [1.807, 2.05) is 10.9 Å². The van der Waals surface area contributed by atoms with Crippen LogP contribution in [0.3, 0.4) is 0 Å². The predicted octanol–water partition coefficient (Wildman–Crippen LogP) is 2.07. The molecule has 6 heteroatoms. The van der Waals surface area contributed by atoms with E-state index in [2.05, 4.69) is 17.0 Å². The van der Waals surface area contributed by atoms with E-state index < -0.39 is 0 Å². The minimum Gasteiger partial charge on any atom is -0.479 e. The number of aryl methyl sites for hydroxylation is 1. The quantitative estimate of drug-likeness (QED) is 0.876. The van der Waals surface area contributed by atoms with Crippen molar-refractivity contribution < 1.29 is 9.47 Å². The van der Waals surface area contributed by atoms with Gasteiger partial charge in [-0.2, -0.15) is 10.1 Å². The number of hydrogen-bond donors (Lipinski definition) is 1. The average Bonchev–Trinajstić information content (AvgIpc) is 2.80. The molecular formula is C12H16N4O2. The number of methoxy groups -OCH3 is 1. The number of nitrogen functional groups attached to an aromatic ring is 1. The van der Waals surface area contributed by atoms with E-state index in [4.69, 9.17) is 15.2 Å². The van der Waals surface area contributed by atoms with Crippen LogP contribution in [0, 0.1) is 0 Å². The Morgan fingerprint density at radius 2 is 2.22 bits per heavy atom. The summed E-state index contributed by atoms with van der Waals surface area (Å²) in [5.41, 5.74) is 6.16. The van der Waals surface area contributed by atoms with Crippen LogP contribution < -0.4 is 15.2 Å². The van der Waals surface area contributed by atoms with Crippen molar-refractivity contribution in [2.45, 2.75) is 19.9 Å². The second kappa shape index (κ2) is 5.39. The molecule has 2 heterocycles. The molecule has 96 valence electrons. The monoisotopic (exact) mass is 248 g/mol. The molecule has 2 N–H and O–H groups in total. The summed E-state index contributed by atoms with van der Waals surface area (Å²) < 4.78 is 12.4. The number of pyridine rings is 1. The van der Waals surface area contributed by atoms with Crippen LogP contribution in [0.4, 0.5) is 5.69 Å². The van der Waals surface area contributed by atoms with Gasteiger partial charge in [-0.05, 0) is 12.5 Å². The van der Waals surface area contributed by atoms with Gasteiger partial charge in [0.05, 0.1) is 25.2 Å². The average molecular weight is 248 g/mol. The van der Waals surface area contributed by atoms with Crippen molar-refractivity contribution in [3.05, 3.63) is 24.5 Å². The minimum absolute atomic E-state index is 0.355. The topological polar surface area (TPSA) is 75.2 Å². The van der Waals surface area contributed by atoms with Crippen LogP contribution in [0.1, 0.15) is 13.3 Å². The Bertz CT molecular complexity index is 525. The van der Waals surface area contributed by atoms with Crippen LogP contribution in [0.5, 0.6) is 17.5 Å². The highest BCUT2D eigenvalue weighted by Gasteiger charge is 2.06. The standard InChI is InChI=1S/C12H16N4O2/c1-3-6-16-8-9(7-14-16)18-11-5-4-10(13)12(15-11)17-2/h4-5,7-8H,3,6,13H2,1-2H3. The van der Waals surface area contributed by atoms with Crippen LogP contribution in [0.25, 0.3) is 0 Å². The molecule has 6 nitrogen and oxygen atoms in total. The smallest absolute Gasteiger partial charge is 0.240 e. The highest BCUT2D eigenvalue weighted by Crippen LogP contribution is 2.25. The highest BCUT2D eigenvalue weighted by atomic mass is 16.5. The number of ether oxygens (including phenoxy) is 2. The molecule has 0 aromatic carbocycles. The lowest BCUT2D eigenvalue weighted by Crippen LogP contribution is -1.97. The molecule has 0 saturated heterocycles. The highest BCUT2D eigenvalue weighted by molar-refractivity contribution is 5.49. The van der Waals surface area contributed by atoms with Gasteiger partial charge in [-0.1, -0.05) is 6.92 Å². The Labute approximate surface area is 105 Å². The summed E-state index contributed by atoms with van der Waals surface area (Å²) in [6.07, 6.45) is 4.50. The number of nitrogens with zero attached hydrogens (tertiary/aromatic N) is 3. The summed E-state index contributed by atoms with van der Waals surface area (Å²) in [5, 5.41) is 4.17. The fourth-order valence-corrected chi connectivity index (χ4v) is 1.52. The summed E-state index contributed by atoms with van der Waals surface area (Å²) in [5.74, 6) is 1.42. The first-order valence-electron chi connectivity index (χ1n) is 5.73. The van der Waals surface area contributed by atoms with Crippen LogP contribution in [-0.4, -0.2) is 21.9 Å². The van der Waals surface area contributed by atoms with Gasteiger partial charge < -0.3 is 15.2 Å². The van der Waals surface area contributed by atoms with E-state index in [0.29, 0.717) is 23.2 Å². The first kappa shape index (κ1) is 12.2. The van der Waals surface area contributed by atoms with E-state index in [1.54, 1.807) is 18.3 Å². The molecule has 0 amide bonds. The second-order valence-electron chi connectivity index (χ2n) is 3.79. The van der Waals surface area contributed by atoms with Gasteiger partial charge in [0, 0.05) is 12.6 Å². The third-order valence-corrected chi connectivity index (χ3v) is 2.34. The zero-order chi connectivity index (χ0) is 13.0. The van der Waals surface area contributed by atoms with Crippen LogP contribution in [-0.2, 0) is 6.54 Å². The summed E-state index contributed by atoms with van der Waals surface area (Å²) in [7, 11) is 1.52. The summed E-state index contributed by atoms with van der Waals surface area (Å²) in [6, 6.07) is 3.38. The van der Waals surface area contributed by atoms with E-state index in [1.165, 1.54) is 7.11 Å². The molecule has 0 aliphatic carbocycles. The zero-order valence-electron chi connectivity index (χ0n) is 10.5. The molecule has 2 aromatic heterocycles. The Hall–Kier alpha value is -2.24. The van der Waals surface area contributed by atoms with E-state index in [9.17, 15) is 0 Å². The molecule has 2 rings (SSSR count). The van der Waals surface area contributed by atoms with Gasteiger partial charge in [0.15, 0.2) is 5.75 Å². The number of nitrogens with two attached hydrogens (primary N) is 1. The van der Waals surface area contributed by atoms with Crippen LogP contribution >= 0.6 is 0 Å². The summed E-state index contributed by atoms with van der Waals surface area (Å²) in [6.45, 7) is 2.95. The lowest BCUT2D eigenvalue weighted by molar-refractivity contribution is 0.385. The van der Waals surface area contributed by atoms with E-state index in [-0.39, 0.29) is 0 Å². The molecule has 0 atom stereocenters. The molecule has 0 bridgehead atoms. The van der Waals surface area contributed by atoms with Gasteiger partial charge in [0.25, 0.3) is 0 Å². The molecule has 0 aliphatic heterocycles. The maximum Gasteiger partial charge on any atom is 0.240 e. The fourth-order valence-electron chi connectivity index (χ4n) is 1.52. The molecule has 0 unspecified atom stereocenters. The maximum atomic E-state index is 5.68. The maximum absolute atomic E-state index is 5.68. The van der Waals surface area contributed by atoms with Crippen molar-refractivity contribution in [1.82, 2.24) is 14.8 Å². The predicted molar refractivity (Wildman–Crippen MR) is 67.8 cm³/mol. The van der Waals surface area contributed by atoms with Crippen LogP contribution in [0.2, 0.25) is 0 Å². The number of aromatic nitrogens is 3. The molecule has 0 aliphatic rings. The van der Waals surface area contributed by atoms with Crippen molar-refractivity contribution in [2.24, 2.45) is 0 Å². The van der Waals surface area contributed by atoms with E-state index in [0.717, 1.165) is 13.0 Å². The second-order valence-corrected chi connectivity index (χ2v) is 3.79. The van der Waals surface area contributed by atoms with Crippen LogP contribution in [0.15, 0.2) is 24.5 Å². The first-order chi connectivity index (χ1) is 8.72. The fraction of sp³-hybridized carbons (Fsp3) is 0.333. The number of rotatable bonds is 5. The van der Waals surface area contributed by atoms with Gasteiger partial charge in [-0.25, -0.2) is 0 Å². The Kier molecular flexibility index (Phi) is 3.66. The van der Waals surface area contributed by atoms with Crippen molar-refractivity contribution in [3.8, 4) is 17.5 Å². The lowest BCUT2D eigenvalue weighted by atomic mass is 10.4. The Morgan fingerprint density at radius 3 is 2.94 bits per heavy atom. The van der Waals surface area contributed by atoms with Gasteiger partial charge in [-0.15, -0.1) is 0 Å². The summed E-state index contributed by atoms with van der Waals surface area (Å²) in [4.78, 5) is 4.13. The van der Waals surface area contributed by atoms with Gasteiger partial charge >= 0.3 is 0 Å². The van der Waals surface area contributed by atoms with Crippen molar-refractivity contribution in [1.29, 1.82) is 0 Å². The van der Waals surface area contributed by atoms with Crippen molar-refractivity contribution in [3.63, 3.8) is 0 Å². The SMILES string of the molecule is CCCn1cc(Oc2ccc(N)c(OC)n2)cn1. The molecule has 0 spiro atoms. The first-order valence-corrected chi connectivity index (χ1v) is 5.73. The molecule has 2 aromatic rings. The molecule has 18 heavy (non-hydrogen) atoms. The molecule has 0 saturated carbocycles. The third kappa shape index (κ3) is 2.71. The Balaban J connectivity index is 2.12. The third-order valence-electron chi connectivity index (χ3n) is 2.34. The molecular weight excluding hydrogens is 232 g/mol.